The fourth-order valence-corrected chi connectivity index (χ4v) is 22.9. The molecule has 8 aliphatic heterocycles. The molecule has 47 atom stereocenters. The summed E-state index contributed by atoms with van der Waals surface area (Å²) in [5, 5.41) is 256. The van der Waals surface area contributed by atoms with Gasteiger partial charge in [-0.05, 0) is 141 Å². The quantitative estimate of drug-likeness (QED) is 0.0187. The third-order valence-corrected chi connectivity index (χ3v) is 31.0. The van der Waals surface area contributed by atoms with E-state index in [1.807, 2.05) is 6.92 Å². The number of carbonyl (C=O) groups excluding carboxylic acids is 2. The van der Waals surface area contributed by atoms with Gasteiger partial charge in [-0.25, -0.2) is 4.79 Å². The molecule has 14 rings (SSSR count). The van der Waals surface area contributed by atoms with Crippen LogP contribution in [0.1, 0.15) is 125 Å². The molecule has 4 saturated carbocycles. The van der Waals surface area contributed by atoms with Crippen LogP contribution in [0.3, 0.4) is 0 Å². The average Bonchev–Trinajstić information content (AvgIpc) is 0.672. The second-order valence-corrected chi connectivity index (χ2v) is 39.1. The molecular formula is C86H132O43. The standard InChI is InChI=1S/C86H132O43/c1-33-50(94)56(100)62(106)74(116-33)125-67-42(27-88)119-72(64(108)59(67)103)114-30-44-54(98)57(101)63(107)76(122-44)129-80(111)86-22-20-81(3,4)25-37(86)36-12-14-47-82(5)18-17-48(83(6,32-90)46(82)16-19-85(47,8)84(36,7)21-23-86)123-78-70(52(96)39(92)29-113-78)128-77-66(110)69(51(95)34(2)117-77)127-73-61(105)55(99)45(31-115-73)121-75-65(109)60(104)68(43(28-89)120-75)126-79-71(58(102)53(97)41(26-87)118-79)124-49(93)15-11-35-10-13-40(112-9)38(91)24-35/h10-13,15,24,33-34,37,39,41-48,50-79,87-92,94-110H,14,16-23,25-32H2,1-9H3/t33-,34-,37?,39-,41+,42+,43+,44+,45+,46+,47+,48-,50-,51-,52-,53+,54+,55+,56+,57-,58-,59+,60+,61+,62+,63+,64+,65+,66+,67+,68+,69+,70+,71+,72+,73-,74-,75-,76-,77-,78-,79-,82-,83-,84+,85+,86-/m0/s1. The van der Waals surface area contributed by atoms with E-state index >= 15 is 4.79 Å². The predicted molar refractivity (Wildman–Crippen MR) is 427 cm³/mol. The lowest BCUT2D eigenvalue weighted by atomic mass is 9.33. The average molecular weight is 1850 g/mol. The number of aromatic hydroxyl groups is 1. The van der Waals surface area contributed by atoms with Gasteiger partial charge in [-0.1, -0.05) is 59.3 Å². The Kier molecular flexibility index (Phi) is 31.0. The molecule has 0 aromatic heterocycles. The maximum absolute atomic E-state index is 15.5. The molecule has 1 unspecified atom stereocenters. The first-order chi connectivity index (χ1) is 60.9. The second-order valence-electron chi connectivity index (χ2n) is 39.1. The number of methoxy groups -OCH3 is 1. The highest BCUT2D eigenvalue weighted by atomic mass is 16.8. The number of hydrogen-bond acceptors (Lipinski definition) is 43. The summed E-state index contributed by atoms with van der Waals surface area (Å²) in [4.78, 5) is 28.6. The molecule has 43 heteroatoms. The lowest BCUT2D eigenvalue weighted by Crippen LogP contribution is -2.67. The van der Waals surface area contributed by atoms with Crippen LogP contribution in [0.25, 0.3) is 6.08 Å². The summed E-state index contributed by atoms with van der Waals surface area (Å²) in [5.74, 6) is -2.51. The topological polar surface area (TPSA) is 666 Å². The number of phenolic OH excluding ortho intramolecular Hbond substituents is 1. The van der Waals surface area contributed by atoms with Crippen LogP contribution in [-0.2, 0) is 90.1 Å². The number of hydrogen-bond donors (Lipinski definition) is 23. The highest BCUT2D eigenvalue weighted by Gasteiger charge is 2.72. The van der Waals surface area contributed by atoms with Gasteiger partial charge in [0, 0.05) is 11.5 Å². The van der Waals surface area contributed by atoms with Crippen LogP contribution in [0, 0.1) is 50.2 Å². The summed E-state index contributed by atoms with van der Waals surface area (Å²) >= 11 is 0. The van der Waals surface area contributed by atoms with Crippen molar-refractivity contribution in [1.82, 2.24) is 0 Å². The maximum atomic E-state index is 15.5. The van der Waals surface area contributed by atoms with Gasteiger partial charge in [-0.3, -0.25) is 4.79 Å². The van der Waals surface area contributed by atoms with Crippen molar-refractivity contribution in [2.45, 2.75) is 359 Å². The third-order valence-electron chi connectivity index (χ3n) is 31.0. The molecule has 129 heavy (non-hydrogen) atoms. The summed E-state index contributed by atoms with van der Waals surface area (Å²) in [6.45, 7) is 11.0. The summed E-state index contributed by atoms with van der Waals surface area (Å²) in [6.07, 6.45) is -58.1. The van der Waals surface area contributed by atoms with E-state index in [1.165, 1.54) is 45.2 Å². The minimum atomic E-state index is -2.12. The number of aliphatic hydroxyl groups is 22. The molecule has 1 aromatic rings. The SMILES string of the molecule is COc1ccc(C=CC(=O)O[C@H]2[C@H](O[C@H]3[C@H](O)[C@@H](O)[C@H](O[C@@H]4CO[C@@H](O[C@@H]5[C@@H](O)[C@H](C)O[C@@H](O[C@H]6[C@H](O[C@H]7CC[C@@]8(C)[C@@H](CC[C@]9(C)[C@@H]8CC=C8C%10CC(C)(C)CC[C@]%10(C(=O)O[C@@H]%10O[C@H](CO[C@@H]%11O[C@H](CO)[C@@H](O[C@@H]%12O[C@@H](C)[C@H](O)[C@@H](O)[C@H]%12O)[C@H](O)[C@H]%11O)[C@@H](O)[C@H](O)[C@H]%10O)CC[C@]89C)[C@]7(C)CO)OC[C@H](O)[C@@H]6O)[C@@H]5O)[C@H](O)[C@@H]4O)O[C@@H]3CO)O[C@H](CO)[C@@H](O)[C@@H]2O)cc1O. The fraction of sp³-hybridized carbons (Fsp3) is 0.860. The van der Waals surface area contributed by atoms with Crippen LogP contribution in [0.2, 0.25) is 0 Å². The first-order valence-corrected chi connectivity index (χ1v) is 44.4. The number of phenols is 1. The molecule has 5 aliphatic carbocycles. The van der Waals surface area contributed by atoms with Crippen LogP contribution in [0.5, 0.6) is 11.5 Å². The second kappa shape index (κ2) is 39.7. The van der Waals surface area contributed by atoms with Gasteiger partial charge < -0.3 is 203 Å². The minimum absolute atomic E-state index is 0.000731. The van der Waals surface area contributed by atoms with Gasteiger partial charge in [0.25, 0.3) is 0 Å². The Hall–Kier alpha value is -4.24. The molecule has 0 radical (unpaired) electrons. The predicted octanol–water partition coefficient (Wildman–Crippen LogP) is -6.45. The van der Waals surface area contributed by atoms with E-state index in [1.54, 1.807) is 0 Å². The minimum Gasteiger partial charge on any atom is -0.504 e. The van der Waals surface area contributed by atoms with Crippen molar-refractivity contribution >= 4 is 18.0 Å². The van der Waals surface area contributed by atoms with Gasteiger partial charge in [0.2, 0.25) is 6.29 Å². The summed E-state index contributed by atoms with van der Waals surface area (Å²) < 4.78 is 106. The van der Waals surface area contributed by atoms with E-state index in [-0.39, 0.29) is 41.3 Å². The summed E-state index contributed by atoms with van der Waals surface area (Å²) in [7, 11) is 1.34. The zero-order valence-corrected chi connectivity index (χ0v) is 73.2. The molecule has 734 valence electrons. The monoisotopic (exact) mass is 1850 g/mol. The highest BCUT2D eigenvalue weighted by Crippen LogP contribution is 2.76. The number of allylic oxidation sites excluding steroid dienone is 2. The van der Waals surface area contributed by atoms with Crippen molar-refractivity contribution in [1.29, 1.82) is 0 Å². The Morgan fingerprint density at radius 1 is 0.473 bits per heavy atom. The number of rotatable bonds is 25. The van der Waals surface area contributed by atoms with E-state index in [9.17, 15) is 122 Å². The van der Waals surface area contributed by atoms with Gasteiger partial charge in [-0.15, -0.1) is 0 Å². The highest BCUT2D eigenvalue weighted by molar-refractivity contribution is 5.87. The van der Waals surface area contributed by atoms with Gasteiger partial charge in [0.1, 0.15) is 165 Å². The first kappa shape index (κ1) is 101. The number of fused-ring (bicyclic) bond motifs is 7. The molecule has 0 amide bonds. The summed E-state index contributed by atoms with van der Waals surface area (Å²) in [6, 6.07) is 4.19. The van der Waals surface area contributed by atoms with Crippen LogP contribution in [-0.4, -0.2) is 422 Å². The Balaban J connectivity index is 0.600. The lowest BCUT2D eigenvalue weighted by Gasteiger charge is -2.71. The summed E-state index contributed by atoms with van der Waals surface area (Å²) in [5.41, 5.74) is -2.39. The third kappa shape index (κ3) is 18.8. The van der Waals surface area contributed by atoms with Crippen LogP contribution < -0.4 is 4.74 Å². The Bertz CT molecular complexity index is 4000. The van der Waals surface area contributed by atoms with E-state index in [0.29, 0.717) is 69.8 Å². The molecule has 1 aromatic carbocycles. The first-order valence-electron chi connectivity index (χ1n) is 44.4. The molecule has 43 nitrogen and oxygen atoms in total. The molecule has 23 N–H and O–H groups in total. The van der Waals surface area contributed by atoms with E-state index < -0.39 is 318 Å². The van der Waals surface area contributed by atoms with Gasteiger partial charge in [0.15, 0.2) is 61.6 Å². The largest absolute Gasteiger partial charge is 0.504 e. The van der Waals surface area contributed by atoms with Crippen molar-refractivity contribution < 1.29 is 212 Å². The molecular weight excluding hydrogens is 1720 g/mol. The molecule has 12 fully saturated rings. The van der Waals surface area contributed by atoms with E-state index in [2.05, 4.69) is 40.7 Å². The lowest BCUT2D eigenvalue weighted by molar-refractivity contribution is -0.386. The van der Waals surface area contributed by atoms with E-state index in [0.717, 1.165) is 11.6 Å². The van der Waals surface area contributed by atoms with Crippen molar-refractivity contribution in [3.63, 3.8) is 0 Å². The number of esters is 2. The molecule has 0 spiro atoms. The maximum Gasteiger partial charge on any atom is 0.331 e. The van der Waals surface area contributed by atoms with Crippen molar-refractivity contribution in [3.05, 3.63) is 41.5 Å². The Morgan fingerprint density at radius 2 is 1.02 bits per heavy atom. The molecule has 8 saturated heterocycles. The van der Waals surface area contributed by atoms with Gasteiger partial charge in [0.05, 0.1) is 77.1 Å². The van der Waals surface area contributed by atoms with Crippen molar-refractivity contribution in [2.75, 3.05) is 53.4 Å². The van der Waals surface area contributed by atoms with Crippen LogP contribution in [0.4, 0.5) is 0 Å². The zero-order chi connectivity index (χ0) is 93.7. The van der Waals surface area contributed by atoms with Gasteiger partial charge >= 0.3 is 11.9 Å². The normalized spacial score (nSPS) is 50.7. The smallest absolute Gasteiger partial charge is 0.331 e. The number of ether oxygens (including phenoxy) is 18. The number of carbonyl (C=O) groups is 2. The van der Waals surface area contributed by atoms with Crippen molar-refractivity contribution in [2.24, 2.45) is 50.2 Å². The molecule has 0 bridgehead atoms. The Morgan fingerprint density at radius 3 is 1.68 bits per heavy atom. The van der Waals surface area contributed by atoms with Gasteiger partial charge in [-0.2, -0.15) is 0 Å². The number of benzene rings is 1. The van der Waals surface area contributed by atoms with E-state index in [4.69, 9.17) is 85.3 Å². The van der Waals surface area contributed by atoms with Crippen molar-refractivity contribution in [3.8, 4) is 11.5 Å². The zero-order valence-electron chi connectivity index (χ0n) is 73.2. The number of aliphatic hydroxyl groups excluding tert-OH is 22. The molecule has 13 aliphatic rings. The fourth-order valence-electron chi connectivity index (χ4n) is 22.9. The Labute approximate surface area is 743 Å². The van der Waals surface area contributed by atoms with Crippen LogP contribution >= 0.6 is 0 Å². The molecule has 8 heterocycles. The van der Waals surface area contributed by atoms with Crippen LogP contribution in [0.15, 0.2) is 35.9 Å².